The first-order valence-corrected chi connectivity index (χ1v) is 5.82. The maximum atomic E-state index is 10.6. The van der Waals surface area contributed by atoms with E-state index in [1.165, 1.54) is 12.5 Å². The molecule has 2 N–H and O–H groups in total. The summed E-state index contributed by atoms with van der Waals surface area (Å²) in [6.45, 7) is 7.13. The highest BCUT2D eigenvalue weighted by Crippen LogP contribution is 2.01. The van der Waals surface area contributed by atoms with E-state index in [1.807, 2.05) is 0 Å². The topological polar surface area (TPSA) is 46.1 Å². The highest BCUT2D eigenvalue weighted by Gasteiger charge is 1.96. The van der Waals surface area contributed by atoms with Gasteiger partial charge < -0.3 is 15.2 Å². The third-order valence-electron chi connectivity index (χ3n) is 2.30. The molecule has 4 heteroatoms. The van der Waals surface area contributed by atoms with Crippen LogP contribution in [0.2, 0.25) is 0 Å². The van der Waals surface area contributed by atoms with Gasteiger partial charge in [0.25, 0.3) is 0 Å². The minimum absolute atomic E-state index is 0.0240. The summed E-state index contributed by atoms with van der Waals surface area (Å²) in [5.41, 5.74) is 1.29. The van der Waals surface area contributed by atoms with Crippen LogP contribution in [-0.4, -0.2) is 23.6 Å². The van der Waals surface area contributed by atoms with E-state index in [0.29, 0.717) is 6.54 Å². The third-order valence-corrected chi connectivity index (χ3v) is 2.30. The predicted molar refractivity (Wildman–Crippen MR) is 65.1 cm³/mol. The van der Waals surface area contributed by atoms with E-state index in [-0.39, 0.29) is 5.91 Å². The van der Waals surface area contributed by atoms with Gasteiger partial charge in [0.15, 0.2) is 0 Å². The van der Waals surface area contributed by atoms with Crippen LogP contribution in [-0.2, 0) is 17.9 Å². The zero-order chi connectivity index (χ0) is 11.8. The molecule has 1 rings (SSSR count). The SMILES string of the molecule is CCCn1ccc(CNCCNC(C)=O)c1. The molecule has 0 aromatic carbocycles. The molecule has 90 valence electrons. The lowest BCUT2D eigenvalue weighted by Gasteiger charge is -2.03. The fourth-order valence-corrected chi connectivity index (χ4v) is 1.55. The van der Waals surface area contributed by atoms with Crippen LogP contribution in [0.3, 0.4) is 0 Å². The molecule has 4 nitrogen and oxygen atoms in total. The number of hydrogen-bond acceptors (Lipinski definition) is 2. The van der Waals surface area contributed by atoms with Gasteiger partial charge in [0.2, 0.25) is 5.91 Å². The zero-order valence-corrected chi connectivity index (χ0v) is 10.1. The van der Waals surface area contributed by atoms with Crippen LogP contribution in [0.15, 0.2) is 18.5 Å². The molecule has 1 amide bonds. The number of carbonyl (C=O) groups excluding carboxylic acids is 1. The van der Waals surface area contributed by atoms with Crippen LogP contribution in [0.5, 0.6) is 0 Å². The second kappa shape index (κ2) is 7.06. The molecule has 0 saturated heterocycles. The average Bonchev–Trinajstić information content (AvgIpc) is 2.65. The molecule has 0 saturated carbocycles. The Balaban J connectivity index is 2.14. The summed E-state index contributed by atoms with van der Waals surface area (Å²) < 4.78 is 2.20. The number of aromatic nitrogens is 1. The second-order valence-electron chi connectivity index (χ2n) is 3.92. The van der Waals surface area contributed by atoms with Gasteiger partial charge in [-0.05, 0) is 18.1 Å². The van der Waals surface area contributed by atoms with Crippen molar-refractivity contribution in [3.63, 3.8) is 0 Å². The molecule has 0 aliphatic carbocycles. The van der Waals surface area contributed by atoms with Crippen LogP contribution in [0.4, 0.5) is 0 Å². The van der Waals surface area contributed by atoms with E-state index in [2.05, 4.69) is 40.6 Å². The van der Waals surface area contributed by atoms with Crippen molar-refractivity contribution in [1.82, 2.24) is 15.2 Å². The summed E-state index contributed by atoms with van der Waals surface area (Å²) >= 11 is 0. The van der Waals surface area contributed by atoms with Gasteiger partial charge in [0.1, 0.15) is 0 Å². The monoisotopic (exact) mass is 223 g/mol. The number of hydrogen-bond donors (Lipinski definition) is 2. The number of aryl methyl sites for hydroxylation is 1. The van der Waals surface area contributed by atoms with Gasteiger partial charge in [-0.25, -0.2) is 0 Å². The second-order valence-corrected chi connectivity index (χ2v) is 3.92. The van der Waals surface area contributed by atoms with Crippen LogP contribution >= 0.6 is 0 Å². The van der Waals surface area contributed by atoms with E-state index >= 15 is 0 Å². The quantitative estimate of drug-likeness (QED) is 0.681. The van der Waals surface area contributed by atoms with Crippen LogP contribution in [0.25, 0.3) is 0 Å². The van der Waals surface area contributed by atoms with Crippen molar-refractivity contribution in [2.45, 2.75) is 33.4 Å². The Morgan fingerprint density at radius 1 is 1.44 bits per heavy atom. The highest BCUT2D eigenvalue weighted by molar-refractivity contribution is 5.72. The van der Waals surface area contributed by atoms with Crippen molar-refractivity contribution in [2.24, 2.45) is 0 Å². The molecule has 16 heavy (non-hydrogen) atoms. The Morgan fingerprint density at radius 2 is 2.25 bits per heavy atom. The van der Waals surface area contributed by atoms with E-state index in [1.54, 1.807) is 0 Å². The van der Waals surface area contributed by atoms with Crippen molar-refractivity contribution < 1.29 is 4.79 Å². The molecule has 0 aliphatic heterocycles. The highest BCUT2D eigenvalue weighted by atomic mass is 16.1. The molecule has 0 aliphatic rings. The summed E-state index contributed by atoms with van der Waals surface area (Å²) in [5, 5.41) is 6.04. The van der Waals surface area contributed by atoms with Gasteiger partial charge in [0.05, 0.1) is 0 Å². The molecule has 1 aromatic rings. The van der Waals surface area contributed by atoms with Gasteiger partial charge >= 0.3 is 0 Å². The predicted octanol–water partition coefficient (Wildman–Crippen LogP) is 1.12. The van der Waals surface area contributed by atoms with Crippen molar-refractivity contribution in [1.29, 1.82) is 0 Å². The number of carbonyl (C=O) groups is 1. The van der Waals surface area contributed by atoms with Gasteiger partial charge in [-0.2, -0.15) is 0 Å². The molecule has 0 bridgehead atoms. The Bertz CT molecular complexity index is 320. The Morgan fingerprint density at radius 3 is 2.94 bits per heavy atom. The molecule has 1 heterocycles. The van der Waals surface area contributed by atoms with Gasteiger partial charge in [0, 0.05) is 45.5 Å². The summed E-state index contributed by atoms with van der Waals surface area (Å²) in [4.78, 5) is 10.6. The standard InChI is InChI=1S/C12H21N3O/c1-3-7-15-8-4-12(10-15)9-13-5-6-14-11(2)16/h4,8,10,13H,3,5-7,9H2,1-2H3,(H,14,16). The van der Waals surface area contributed by atoms with Crippen molar-refractivity contribution in [2.75, 3.05) is 13.1 Å². The molecule has 0 spiro atoms. The van der Waals surface area contributed by atoms with Crippen molar-refractivity contribution >= 4 is 5.91 Å². The Labute approximate surface area is 97.0 Å². The first kappa shape index (κ1) is 12.8. The van der Waals surface area contributed by atoms with E-state index in [4.69, 9.17) is 0 Å². The minimum atomic E-state index is 0.0240. The summed E-state index contributed by atoms with van der Waals surface area (Å²) in [6.07, 6.45) is 5.42. The molecule has 0 unspecified atom stereocenters. The smallest absolute Gasteiger partial charge is 0.216 e. The molecule has 0 fully saturated rings. The Hall–Kier alpha value is -1.29. The average molecular weight is 223 g/mol. The maximum absolute atomic E-state index is 10.6. The normalized spacial score (nSPS) is 10.4. The lowest BCUT2D eigenvalue weighted by atomic mass is 10.3. The van der Waals surface area contributed by atoms with Gasteiger partial charge in [-0.15, -0.1) is 0 Å². The molecule has 0 atom stereocenters. The fourth-order valence-electron chi connectivity index (χ4n) is 1.55. The molecule has 0 radical (unpaired) electrons. The van der Waals surface area contributed by atoms with Crippen LogP contribution in [0.1, 0.15) is 25.8 Å². The van der Waals surface area contributed by atoms with E-state index in [9.17, 15) is 4.79 Å². The first-order chi connectivity index (χ1) is 7.72. The number of amides is 1. The summed E-state index contributed by atoms with van der Waals surface area (Å²) in [7, 11) is 0. The zero-order valence-electron chi connectivity index (χ0n) is 10.1. The Kier molecular flexibility index (Phi) is 5.64. The number of nitrogens with one attached hydrogen (secondary N) is 2. The molecule has 1 aromatic heterocycles. The number of nitrogens with zero attached hydrogens (tertiary/aromatic N) is 1. The third kappa shape index (κ3) is 4.98. The van der Waals surface area contributed by atoms with Gasteiger partial charge in [-0.1, -0.05) is 6.92 Å². The van der Waals surface area contributed by atoms with Crippen molar-refractivity contribution in [3.05, 3.63) is 24.0 Å². The van der Waals surface area contributed by atoms with Crippen molar-refractivity contribution in [3.8, 4) is 0 Å². The minimum Gasteiger partial charge on any atom is -0.355 e. The van der Waals surface area contributed by atoms with E-state index < -0.39 is 0 Å². The molecular formula is C12H21N3O. The lowest BCUT2D eigenvalue weighted by molar-refractivity contribution is -0.118. The fraction of sp³-hybridized carbons (Fsp3) is 0.583. The first-order valence-electron chi connectivity index (χ1n) is 5.82. The number of rotatable bonds is 7. The summed E-state index contributed by atoms with van der Waals surface area (Å²) in [6, 6.07) is 2.13. The maximum Gasteiger partial charge on any atom is 0.216 e. The van der Waals surface area contributed by atoms with E-state index in [0.717, 1.165) is 26.1 Å². The lowest BCUT2D eigenvalue weighted by Crippen LogP contribution is -2.29. The van der Waals surface area contributed by atoms with Gasteiger partial charge in [-0.3, -0.25) is 4.79 Å². The van der Waals surface area contributed by atoms with Crippen LogP contribution < -0.4 is 10.6 Å². The molecular weight excluding hydrogens is 202 g/mol. The van der Waals surface area contributed by atoms with Crippen LogP contribution in [0, 0.1) is 0 Å². The summed E-state index contributed by atoms with van der Waals surface area (Å²) in [5.74, 6) is 0.0240. The largest absolute Gasteiger partial charge is 0.355 e.